The van der Waals surface area contributed by atoms with Crippen LogP contribution in [-0.2, 0) is 0 Å². The van der Waals surface area contributed by atoms with Crippen molar-refractivity contribution in [1.82, 2.24) is 0 Å². The molecule has 0 heterocycles. The van der Waals surface area contributed by atoms with Crippen molar-refractivity contribution in [1.29, 1.82) is 0 Å². The summed E-state index contributed by atoms with van der Waals surface area (Å²) in [5, 5.41) is 9.94. The van der Waals surface area contributed by atoms with Crippen LogP contribution in [0.4, 0.5) is 0 Å². The van der Waals surface area contributed by atoms with Crippen LogP contribution in [0.3, 0.4) is 0 Å². The lowest BCUT2D eigenvalue weighted by molar-refractivity contribution is -0.424. The molecule has 0 aromatic rings. The number of hydrogen-bond acceptors (Lipinski definition) is 2. The molecular weight excluding hydrogens is 118 g/mol. The molecule has 0 atom stereocenters. The topological polar surface area (TPSA) is 43.1 Å². The lowest BCUT2D eigenvalue weighted by Crippen LogP contribution is -1.92. The summed E-state index contributed by atoms with van der Waals surface area (Å²) >= 11 is 0. The highest BCUT2D eigenvalue weighted by Crippen LogP contribution is 1.97. The lowest BCUT2D eigenvalue weighted by atomic mass is 10.3. The average molecular weight is 129 g/mol. The van der Waals surface area contributed by atoms with E-state index in [1.807, 2.05) is 6.92 Å². The Morgan fingerprint density at radius 2 is 2.33 bits per heavy atom. The van der Waals surface area contributed by atoms with Crippen molar-refractivity contribution in [3.8, 4) is 0 Å². The minimum absolute atomic E-state index is 0.247. The summed E-state index contributed by atoms with van der Waals surface area (Å²) in [6, 6.07) is 0. The molecule has 0 unspecified atom stereocenters. The highest BCUT2D eigenvalue weighted by Gasteiger charge is 1.97. The van der Waals surface area contributed by atoms with Crippen molar-refractivity contribution in [2.45, 2.75) is 26.7 Å². The molecule has 0 saturated heterocycles. The van der Waals surface area contributed by atoms with Crippen molar-refractivity contribution in [2.24, 2.45) is 0 Å². The van der Waals surface area contributed by atoms with Gasteiger partial charge in [0.1, 0.15) is 0 Å². The molecule has 3 nitrogen and oxygen atoms in total. The first-order chi connectivity index (χ1) is 4.18. The Balaban J connectivity index is 3.69. The number of rotatable bonds is 3. The van der Waals surface area contributed by atoms with Crippen molar-refractivity contribution >= 4 is 0 Å². The zero-order chi connectivity index (χ0) is 7.28. The molecule has 9 heavy (non-hydrogen) atoms. The van der Waals surface area contributed by atoms with E-state index >= 15 is 0 Å². The summed E-state index contributed by atoms with van der Waals surface area (Å²) in [5.74, 6) is 0. The number of nitro groups is 1. The molecule has 3 heteroatoms. The molecule has 0 radical (unpaired) electrons. The van der Waals surface area contributed by atoms with Gasteiger partial charge >= 0.3 is 0 Å². The largest absolute Gasteiger partial charge is 0.259 e. The van der Waals surface area contributed by atoms with Gasteiger partial charge in [0, 0.05) is 6.92 Å². The standard InChI is InChI=1S/C6H11NO2/c1-3-4-5-6(2)7(8)9/h5H,3-4H2,1-2H3/b6-5+. The minimum Gasteiger partial charge on any atom is -0.259 e. The summed E-state index contributed by atoms with van der Waals surface area (Å²) in [5.41, 5.74) is 0.247. The molecule has 0 rings (SSSR count). The average Bonchev–Trinajstić information content (AvgIpc) is 1.82. The zero-order valence-corrected chi connectivity index (χ0v) is 5.76. The van der Waals surface area contributed by atoms with Crippen LogP contribution in [0.15, 0.2) is 11.8 Å². The number of allylic oxidation sites excluding steroid dienone is 2. The van der Waals surface area contributed by atoms with Gasteiger partial charge in [0.25, 0.3) is 0 Å². The van der Waals surface area contributed by atoms with E-state index in [4.69, 9.17) is 0 Å². The smallest absolute Gasteiger partial charge is 0.239 e. The molecular formula is C6H11NO2. The third kappa shape index (κ3) is 3.70. The Hall–Kier alpha value is -0.860. The van der Waals surface area contributed by atoms with E-state index in [-0.39, 0.29) is 10.6 Å². The predicted octanol–water partition coefficient (Wildman–Crippen LogP) is 1.97. The van der Waals surface area contributed by atoms with Crippen LogP contribution in [0.5, 0.6) is 0 Å². The van der Waals surface area contributed by atoms with Gasteiger partial charge in [-0.1, -0.05) is 13.3 Å². The number of unbranched alkanes of at least 4 members (excludes halogenated alkanes) is 1. The van der Waals surface area contributed by atoms with E-state index in [1.165, 1.54) is 6.92 Å². The second-order valence-electron chi connectivity index (χ2n) is 1.89. The molecule has 0 aromatic carbocycles. The number of nitrogens with zero attached hydrogens (tertiary/aromatic N) is 1. The second kappa shape index (κ2) is 4.06. The highest BCUT2D eigenvalue weighted by molar-refractivity contribution is 4.85. The van der Waals surface area contributed by atoms with Gasteiger partial charge in [-0.15, -0.1) is 0 Å². The Kier molecular flexibility index (Phi) is 3.67. The first-order valence-corrected chi connectivity index (χ1v) is 2.99. The van der Waals surface area contributed by atoms with Crippen LogP contribution >= 0.6 is 0 Å². The van der Waals surface area contributed by atoms with Gasteiger partial charge in [0.15, 0.2) is 0 Å². The predicted molar refractivity (Wildman–Crippen MR) is 35.7 cm³/mol. The van der Waals surface area contributed by atoms with Crippen LogP contribution in [-0.4, -0.2) is 4.92 Å². The van der Waals surface area contributed by atoms with E-state index in [0.29, 0.717) is 0 Å². The highest BCUT2D eigenvalue weighted by atomic mass is 16.6. The molecule has 0 aliphatic carbocycles. The van der Waals surface area contributed by atoms with Crippen LogP contribution in [0.25, 0.3) is 0 Å². The fraction of sp³-hybridized carbons (Fsp3) is 0.667. The van der Waals surface area contributed by atoms with Crippen LogP contribution in [0.2, 0.25) is 0 Å². The summed E-state index contributed by atoms with van der Waals surface area (Å²) < 4.78 is 0. The van der Waals surface area contributed by atoms with Gasteiger partial charge in [0.2, 0.25) is 5.70 Å². The Morgan fingerprint density at radius 1 is 1.78 bits per heavy atom. The molecule has 0 aliphatic heterocycles. The summed E-state index contributed by atoms with van der Waals surface area (Å²) in [6.45, 7) is 3.50. The monoisotopic (exact) mass is 129 g/mol. The van der Waals surface area contributed by atoms with Crippen molar-refractivity contribution in [3.05, 3.63) is 21.9 Å². The van der Waals surface area contributed by atoms with E-state index in [2.05, 4.69) is 0 Å². The first kappa shape index (κ1) is 8.14. The van der Waals surface area contributed by atoms with Crippen molar-refractivity contribution in [3.63, 3.8) is 0 Å². The van der Waals surface area contributed by atoms with E-state index in [0.717, 1.165) is 12.8 Å². The molecule has 0 bridgehead atoms. The van der Waals surface area contributed by atoms with E-state index < -0.39 is 0 Å². The SMILES string of the molecule is CCC/C=C(\C)[N+](=O)[O-]. The molecule has 0 spiro atoms. The summed E-state index contributed by atoms with van der Waals surface area (Å²) in [4.78, 5) is 9.58. The van der Waals surface area contributed by atoms with E-state index in [1.54, 1.807) is 6.08 Å². The normalized spacial score (nSPS) is 11.6. The van der Waals surface area contributed by atoms with Gasteiger partial charge < -0.3 is 0 Å². The number of hydrogen-bond donors (Lipinski definition) is 0. The van der Waals surface area contributed by atoms with Crippen LogP contribution < -0.4 is 0 Å². The zero-order valence-electron chi connectivity index (χ0n) is 5.76. The van der Waals surface area contributed by atoms with Crippen molar-refractivity contribution < 1.29 is 4.92 Å². The van der Waals surface area contributed by atoms with Crippen LogP contribution in [0, 0.1) is 10.1 Å². The maximum absolute atomic E-state index is 9.94. The van der Waals surface area contributed by atoms with Gasteiger partial charge in [0.05, 0.1) is 4.92 Å². The molecule has 0 aliphatic rings. The van der Waals surface area contributed by atoms with Gasteiger partial charge in [-0.2, -0.15) is 0 Å². The van der Waals surface area contributed by atoms with Crippen LogP contribution in [0.1, 0.15) is 26.7 Å². The summed E-state index contributed by atoms with van der Waals surface area (Å²) in [6.07, 6.45) is 3.40. The minimum atomic E-state index is -0.365. The molecule has 0 fully saturated rings. The first-order valence-electron chi connectivity index (χ1n) is 2.99. The van der Waals surface area contributed by atoms with Crippen molar-refractivity contribution in [2.75, 3.05) is 0 Å². The third-order valence-corrected chi connectivity index (χ3v) is 1.02. The molecule has 0 aromatic heterocycles. The molecule has 0 N–H and O–H groups in total. The lowest BCUT2D eigenvalue weighted by Gasteiger charge is -1.86. The fourth-order valence-electron chi connectivity index (χ4n) is 0.428. The fourth-order valence-corrected chi connectivity index (χ4v) is 0.428. The van der Waals surface area contributed by atoms with E-state index in [9.17, 15) is 10.1 Å². The third-order valence-electron chi connectivity index (χ3n) is 1.02. The Morgan fingerprint density at radius 3 is 2.67 bits per heavy atom. The second-order valence-corrected chi connectivity index (χ2v) is 1.89. The molecule has 0 saturated carbocycles. The Bertz CT molecular complexity index is 129. The maximum atomic E-state index is 9.94. The van der Waals surface area contributed by atoms with Gasteiger partial charge in [-0.05, 0) is 12.5 Å². The maximum Gasteiger partial charge on any atom is 0.239 e. The Labute approximate surface area is 54.5 Å². The quantitative estimate of drug-likeness (QED) is 0.432. The molecule has 52 valence electrons. The van der Waals surface area contributed by atoms with Gasteiger partial charge in [-0.25, -0.2) is 0 Å². The van der Waals surface area contributed by atoms with Gasteiger partial charge in [-0.3, -0.25) is 10.1 Å². The molecule has 0 amide bonds. The summed E-state index contributed by atoms with van der Waals surface area (Å²) in [7, 11) is 0.